The van der Waals surface area contributed by atoms with E-state index in [2.05, 4.69) is 36.0 Å². The average Bonchev–Trinajstić information content (AvgIpc) is 2.59. The maximum absolute atomic E-state index is 4.32. The summed E-state index contributed by atoms with van der Waals surface area (Å²) in [6.45, 7) is 4.38. The molecule has 1 aliphatic rings. The monoisotopic (exact) mass is 315 g/mol. The average molecular weight is 316 g/mol. The molecule has 0 spiro atoms. The first-order valence-electron chi connectivity index (χ1n) is 6.06. The SMILES string of the molecule is Cc1ncc(Br)cc1NSN1CCCCCC1. The number of pyridine rings is 1. The Morgan fingerprint density at radius 3 is 2.71 bits per heavy atom. The van der Waals surface area contributed by atoms with E-state index in [9.17, 15) is 0 Å². The molecule has 1 saturated heterocycles. The van der Waals surface area contributed by atoms with Crippen molar-refractivity contribution in [1.29, 1.82) is 0 Å². The van der Waals surface area contributed by atoms with Crippen molar-refractivity contribution in [3.63, 3.8) is 0 Å². The van der Waals surface area contributed by atoms with Gasteiger partial charge in [-0.05, 0) is 41.8 Å². The number of rotatable bonds is 3. The lowest BCUT2D eigenvalue weighted by Crippen LogP contribution is -2.18. The maximum atomic E-state index is 4.32. The molecule has 1 aromatic heterocycles. The molecule has 1 aromatic rings. The Hall–Kier alpha value is -0.260. The van der Waals surface area contributed by atoms with Crippen LogP contribution in [0.2, 0.25) is 0 Å². The fourth-order valence-electron chi connectivity index (χ4n) is 1.86. The molecule has 0 radical (unpaired) electrons. The van der Waals surface area contributed by atoms with Gasteiger partial charge in [-0.2, -0.15) is 0 Å². The van der Waals surface area contributed by atoms with Gasteiger partial charge in [0.2, 0.25) is 0 Å². The first kappa shape index (κ1) is 13.2. The van der Waals surface area contributed by atoms with E-state index in [0.717, 1.165) is 15.9 Å². The van der Waals surface area contributed by atoms with Gasteiger partial charge >= 0.3 is 0 Å². The number of hydrogen-bond acceptors (Lipinski definition) is 4. The van der Waals surface area contributed by atoms with E-state index < -0.39 is 0 Å². The zero-order chi connectivity index (χ0) is 12.1. The summed E-state index contributed by atoms with van der Waals surface area (Å²) in [5.41, 5.74) is 2.13. The number of halogens is 1. The van der Waals surface area contributed by atoms with Gasteiger partial charge in [-0.25, -0.2) is 4.31 Å². The fraction of sp³-hybridized carbons (Fsp3) is 0.583. The van der Waals surface area contributed by atoms with Crippen LogP contribution < -0.4 is 4.72 Å². The van der Waals surface area contributed by atoms with Gasteiger partial charge in [0, 0.05) is 35.9 Å². The number of hydrogen-bond donors (Lipinski definition) is 1. The van der Waals surface area contributed by atoms with Gasteiger partial charge in [-0.3, -0.25) is 4.98 Å². The molecule has 2 heterocycles. The fourth-order valence-corrected chi connectivity index (χ4v) is 3.06. The molecular formula is C12H18BrN3S. The summed E-state index contributed by atoms with van der Waals surface area (Å²) in [6, 6.07) is 2.08. The molecule has 1 N–H and O–H groups in total. The summed E-state index contributed by atoms with van der Waals surface area (Å²) in [5, 5.41) is 0. The zero-order valence-electron chi connectivity index (χ0n) is 10.1. The number of nitrogens with zero attached hydrogens (tertiary/aromatic N) is 2. The van der Waals surface area contributed by atoms with E-state index in [0.29, 0.717) is 0 Å². The Labute approximate surface area is 116 Å². The number of aromatic nitrogens is 1. The van der Waals surface area contributed by atoms with Crippen molar-refractivity contribution < 1.29 is 0 Å². The van der Waals surface area contributed by atoms with Crippen molar-refractivity contribution in [3.05, 3.63) is 22.4 Å². The molecule has 0 atom stereocenters. The standard InChI is InChI=1S/C12H18BrN3S/c1-10-12(8-11(13)9-14-10)15-17-16-6-4-2-3-5-7-16/h8-9,15H,2-7H2,1H3. The predicted octanol–water partition coefficient (Wildman–Crippen LogP) is 4.00. The highest BCUT2D eigenvalue weighted by Gasteiger charge is 2.10. The van der Waals surface area contributed by atoms with Crippen molar-refractivity contribution in [2.24, 2.45) is 0 Å². The number of aryl methyl sites for hydroxylation is 1. The maximum Gasteiger partial charge on any atom is 0.0676 e. The molecule has 3 nitrogen and oxygen atoms in total. The lowest BCUT2D eigenvalue weighted by atomic mass is 10.2. The van der Waals surface area contributed by atoms with Crippen LogP contribution in [0.15, 0.2) is 16.7 Å². The molecule has 0 saturated carbocycles. The lowest BCUT2D eigenvalue weighted by Gasteiger charge is -2.19. The Bertz CT molecular complexity index is 365. The van der Waals surface area contributed by atoms with Gasteiger partial charge in [-0.1, -0.05) is 12.8 Å². The normalized spacial score (nSPS) is 17.8. The molecule has 2 rings (SSSR count). The Morgan fingerprint density at radius 1 is 1.29 bits per heavy atom. The Kier molecular flexibility index (Phi) is 5.13. The third kappa shape index (κ3) is 4.16. The highest BCUT2D eigenvalue weighted by molar-refractivity contribution is 9.10. The van der Waals surface area contributed by atoms with Crippen LogP contribution in [0.4, 0.5) is 5.69 Å². The third-order valence-electron chi connectivity index (χ3n) is 2.90. The van der Waals surface area contributed by atoms with Crippen LogP contribution >= 0.6 is 28.1 Å². The molecule has 17 heavy (non-hydrogen) atoms. The lowest BCUT2D eigenvalue weighted by molar-refractivity contribution is 0.491. The third-order valence-corrected chi connectivity index (χ3v) is 4.27. The van der Waals surface area contributed by atoms with Crippen LogP contribution in [-0.2, 0) is 0 Å². The Morgan fingerprint density at radius 2 is 2.00 bits per heavy atom. The minimum Gasteiger partial charge on any atom is -0.315 e. The van der Waals surface area contributed by atoms with Crippen molar-refractivity contribution in [2.75, 3.05) is 17.8 Å². The van der Waals surface area contributed by atoms with Crippen LogP contribution in [0, 0.1) is 6.92 Å². The van der Waals surface area contributed by atoms with Crippen LogP contribution in [-0.4, -0.2) is 22.4 Å². The van der Waals surface area contributed by atoms with Crippen molar-refractivity contribution in [1.82, 2.24) is 9.29 Å². The van der Waals surface area contributed by atoms with Crippen LogP contribution in [0.1, 0.15) is 31.4 Å². The van der Waals surface area contributed by atoms with Gasteiger partial charge < -0.3 is 4.72 Å². The molecule has 0 aliphatic carbocycles. The van der Waals surface area contributed by atoms with E-state index in [1.165, 1.54) is 38.8 Å². The number of nitrogens with one attached hydrogen (secondary N) is 1. The van der Waals surface area contributed by atoms with Gasteiger partial charge in [-0.15, -0.1) is 0 Å². The molecule has 0 amide bonds. The summed E-state index contributed by atoms with van der Waals surface area (Å²) in [5.74, 6) is 0. The van der Waals surface area contributed by atoms with E-state index in [-0.39, 0.29) is 0 Å². The Balaban J connectivity index is 1.89. The van der Waals surface area contributed by atoms with E-state index in [4.69, 9.17) is 0 Å². The minimum atomic E-state index is 1.02. The quantitative estimate of drug-likeness (QED) is 0.853. The highest BCUT2D eigenvalue weighted by atomic mass is 79.9. The van der Waals surface area contributed by atoms with Gasteiger partial charge in [0.15, 0.2) is 0 Å². The van der Waals surface area contributed by atoms with Crippen LogP contribution in [0.25, 0.3) is 0 Å². The van der Waals surface area contributed by atoms with Gasteiger partial charge in [0.05, 0.1) is 11.4 Å². The summed E-state index contributed by atoms with van der Waals surface area (Å²) in [4.78, 5) is 4.32. The van der Waals surface area contributed by atoms with Gasteiger partial charge in [0.25, 0.3) is 0 Å². The van der Waals surface area contributed by atoms with Crippen LogP contribution in [0.5, 0.6) is 0 Å². The molecule has 1 aliphatic heterocycles. The second-order valence-electron chi connectivity index (χ2n) is 4.32. The highest BCUT2D eigenvalue weighted by Crippen LogP contribution is 2.24. The molecular weight excluding hydrogens is 298 g/mol. The smallest absolute Gasteiger partial charge is 0.0676 e. The number of anilines is 1. The van der Waals surface area contributed by atoms with Crippen molar-refractivity contribution >= 4 is 33.8 Å². The molecule has 94 valence electrons. The first-order valence-corrected chi connectivity index (χ1v) is 7.62. The van der Waals surface area contributed by atoms with E-state index in [1.54, 1.807) is 12.1 Å². The minimum absolute atomic E-state index is 1.02. The molecule has 5 heteroatoms. The topological polar surface area (TPSA) is 28.2 Å². The van der Waals surface area contributed by atoms with Crippen molar-refractivity contribution in [3.8, 4) is 0 Å². The second kappa shape index (κ2) is 6.61. The summed E-state index contributed by atoms with van der Waals surface area (Å²) >= 11 is 5.16. The largest absolute Gasteiger partial charge is 0.315 e. The summed E-state index contributed by atoms with van der Waals surface area (Å²) in [6.07, 6.45) is 7.19. The molecule has 0 unspecified atom stereocenters. The molecule has 1 fully saturated rings. The molecule has 0 bridgehead atoms. The van der Waals surface area contributed by atoms with Crippen LogP contribution in [0.3, 0.4) is 0 Å². The zero-order valence-corrected chi connectivity index (χ0v) is 12.5. The first-order chi connectivity index (χ1) is 8.25. The van der Waals surface area contributed by atoms with Gasteiger partial charge in [0.1, 0.15) is 0 Å². The predicted molar refractivity (Wildman–Crippen MR) is 77.9 cm³/mol. The second-order valence-corrected chi connectivity index (χ2v) is 6.14. The summed E-state index contributed by atoms with van der Waals surface area (Å²) in [7, 11) is 0. The van der Waals surface area contributed by atoms with Crippen molar-refractivity contribution in [2.45, 2.75) is 32.6 Å². The van der Waals surface area contributed by atoms with E-state index >= 15 is 0 Å². The molecule has 0 aromatic carbocycles. The van der Waals surface area contributed by atoms with E-state index in [1.807, 2.05) is 13.1 Å². The summed E-state index contributed by atoms with van der Waals surface area (Å²) < 4.78 is 6.83.